The second-order valence-electron chi connectivity index (χ2n) is 3.61. The smallest absolute Gasteiger partial charge is 0.313 e. The van der Waals surface area contributed by atoms with E-state index in [1.54, 1.807) is 13.0 Å². The number of Topliss-reactive ketones (excluding diaryl/α,β-unsaturated/α-hetero) is 1. The van der Waals surface area contributed by atoms with Crippen LogP contribution < -0.4 is 4.74 Å². The molecule has 0 heterocycles. The second-order valence-corrected chi connectivity index (χ2v) is 4.65. The number of carbonyl (C=O) groups is 2. The second kappa shape index (κ2) is 7.78. The van der Waals surface area contributed by atoms with E-state index < -0.39 is 11.8 Å². The Morgan fingerprint density at radius 1 is 1.37 bits per heavy atom. The Bertz CT molecular complexity index is 462. The molecule has 0 unspecified atom stereocenters. The van der Waals surface area contributed by atoms with Crippen molar-refractivity contribution in [1.29, 1.82) is 0 Å². The summed E-state index contributed by atoms with van der Waals surface area (Å²) in [5, 5.41) is 0. The molecule has 1 rings (SSSR count). The molecule has 0 fully saturated rings. The normalized spacial score (nSPS) is 10.1. The summed E-state index contributed by atoms with van der Waals surface area (Å²) in [6.45, 7) is 1.93. The molecule has 0 atom stereocenters. The molecule has 0 saturated heterocycles. The number of rotatable bonds is 7. The molecule has 1 aromatic carbocycles. The zero-order valence-corrected chi connectivity index (χ0v) is 11.6. The van der Waals surface area contributed by atoms with Gasteiger partial charge in [-0.1, -0.05) is 0 Å². The van der Waals surface area contributed by atoms with Gasteiger partial charge in [-0.15, -0.1) is 11.8 Å². The van der Waals surface area contributed by atoms with E-state index >= 15 is 0 Å². The lowest BCUT2D eigenvalue weighted by molar-refractivity contribution is -0.145. The van der Waals surface area contributed by atoms with Crippen molar-refractivity contribution in [3.05, 3.63) is 24.0 Å². The maximum Gasteiger partial charge on any atom is 0.313 e. The molecule has 0 aliphatic carbocycles. The van der Waals surface area contributed by atoms with Crippen LogP contribution in [0.15, 0.2) is 23.1 Å². The summed E-state index contributed by atoms with van der Waals surface area (Å²) in [7, 11) is 1.38. The monoisotopic (exact) mass is 286 g/mol. The number of methoxy groups -OCH3 is 1. The first-order valence-corrected chi connectivity index (χ1v) is 6.69. The van der Waals surface area contributed by atoms with Crippen molar-refractivity contribution >= 4 is 23.5 Å². The SMILES string of the molecule is CCOC(=O)CC(=O)CSc1ccc(OC)c(F)c1. The van der Waals surface area contributed by atoms with Crippen LogP contribution in [0.4, 0.5) is 4.39 Å². The molecule has 1 aromatic rings. The average Bonchev–Trinajstić information content (AvgIpc) is 2.36. The highest BCUT2D eigenvalue weighted by Gasteiger charge is 2.11. The summed E-state index contributed by atoms with van der Waals surface area (Å²) >= 11 is 1.17. The summed E-state index contributed by atoms with van der Waals surface area (Å²) in [5.41, 5.74) is 0. The number of esters is 1. The number of ether oxygens (including phenoxy) is 2. The lowest BCUT2D eigenvalue weighted by Gasteiger charge is -2.05. The number of benzene rings is 1. The van der Waals surface area contributed by atoms with Gasteiger partial charge in [0.25, 0.3) is 0 Å². The summed E-state index contributed by atoms with van der Waals surface area (Å²) in [4.78, 5) is 23.2. The van der Waals surface area contributed by atoms with Crippen molar-refractivity contribution in [1.82, 2.24) is 0 Å². The summed E-state index contributed by atoms with van der Waals surface area (Å²) in [6, 6.07) is 4.44. The van der Waals surface area contributed by atoms with Gasteiger partial charge in [-0.2, -0.15) is 0 Å². The fraction of sp³-hybridized carbons (Fsp3) is 0.385. The molecule has 0 radical (unpaired) electrons. The number of hydrogen-bond donors (Lipinski definition) is 0. The minimum atomic E-state index is -0.533. The van der Waals surface area contributed by atoms with Crippen LogP contribution in [0.2, 0.25) is 0 Å². The topological polar surface area (TPSA) is 52.6 Å². The first kappa shape index (κ1) is 15.5. The van der Waals surface area contributed by atoms with Crippen molar-refractivity contribution in [3.8, 4) is 5.75 Å². The van der Waals surface area contributed by atoms with E-state index in [4.69, 9.17) is 4.74 Å². The van der Waals surface area contributed by atoms with Gasteiger partial charge in [-0.3, -0.25) is 9.59 Å². The van der Waals surface area contributed by atoms with Crippen LogP contribution >= 0.6 is 11.8 Å². The molecule has 0 N–H and O–H groups in total. The van der Waals surface area contributed by atoms with Crippen LogP contribution in [0.3, 0.4) is 0 Å². The number of carbonyl (C=O) groups excluding carboxylic acids is 2. The maximum absolute atomic E-state index is 13.4. The molecule has 19 heavy (non-hydrogen) atoms. The van der Waals surface area contributed by atoms with E-state index in [9.17, 15) is 14.0 Å². The zero-order valence-electron chi connectivity index (χ0n) is 10.8. The number of hydrogen-bond acceptors (Lipinski definition) is 5. The number of ketones is 1. The summed E-state index contributed by atoms with van der Waals surface area (Å²) in [5.74, 6) is -1.01. The van der Waals surface area contributed by atoms with Gasteiger partial charge in [0.1, 0.15) is 6.42 Å². The molecule has 0 bridgehead atoms. The van der Waals surface area contributed by atoms with Crippen LogP contribution in [0.25, 0.3) is 0 Å². The van der Waals surface area contributed by atoms with Crippen LogP contribution in [-0.4, -0.2) is 31.2 Å². The molecular weight excluding hydrogens is 271 g/mol. The minimum absolute atomic E-state index is 0.102. The molecule has 0 aliphatic heterocycles. The molecule has 0 spiro atoms. The third-order valence-electron chi connectivity index (χ3n) is 2.17. The van der Waals surface area contributed by atoms with E-state index in [1.165, 1.54) is 31.0 Å². The largest absolute Gasteiger partial charge is 0.494 e. The first-order valence-electron chi connectivity index (χ1n) is 5.70. The number of halogens is 1. The lowest BCUT2D eigenvalue weighted by Crippen LogP contribution is -2.12. The van der Waals surface area contributed by atoms with Crippen molar-refractivity contribution < 1.29 is 23.5 Å². The predicted molar refractivity (Wildman–Crippen MR) is 69.9 cm³/mol. The van der Waals surface area contributed by atoms with Gasteiger partial charge in [-0.05, 0) is 25.1 Å². The van der Waals surface area contributed by atoms with Gasteiger partial charge in [0.05, 0.1) is 19.5 Å². The Labute approximate surface area is 115 Å². The van der Waals surface area contributed by atoms with Crippen molar-refractivity contribution in [2.45, 2.75) is 18.2 Å². The van der Waals surface area contributed by atoms with Crippen molar-refractivity contribution in [3.63, 3.8) is 0 Å². The van der Waals surface area contributed by atoms with Crippen LogP contribution in [0.5, 0.6) is 5.75 Å². The van der Waals surface area contributed by atoms with E-state index in [0.29, 0.717) is 4.90 Å². The van der Waals surface area contributed by atoms with Crippen LogP contribution in [-0.2, 0) is 14.3 Å². The Morgan fingerprint density at radius 3 is 2.68 bits per heavy atom. The Morgan fingerprint density at radius 2 is 2.11 bits per heavy atom. The molecule has 104 valence electrons. The van der Waals surface area contributed by atoms with Gasteiger partial charge in [-0.25, -0.2) is 4.39 Å². The number of thioether (sulfide) groups is 1. The van der Waals surface area contributed by atoms with Crippen molar-refractivity contribution in [2.75, 3.05) is 19.5 Å². The maximum atomic E-state index is 13.4. The Hall–Kier alpha value is -1.56. The van der Waals surface area contributed by atoms with Gasteiger partial charge < -0.3 is 9.47 Å². The molecule has 0 aromatic heterocycles. The molecule has 0 aliphatic rings. The van der Waals surface area contributed by atoms with E-state index in [0.717, 1.165) is 0 Å². The van der Waals surface area contributed by atoms with Crippen LogP contribution in [0.1, 0.15) is 13.3 Å². The molecule has 4 nitrogen and oxygen atoms in total. The van der Waals surface area contributed by atoms with E-state index in [1.807, 2.05) is 0 Å². The Balaban J connectivity index is 2.46. The highest BCUT2D eigenvalue weighted by atomic mass is 32.2. The fourth-order valence-corrected chi connectivity index (χ4v) is 2.11. The molecule has 0 saturated carbocycles. The van der Waals surface area contributed by atoms with E-state index in [2.05, 4.69) is 4.74 Å². The molecule has 6 heteroatoms. The quantitative estimate of drug-likeness (QED) is 0.438. The van der Waals surface area contributed by atoms with Gasteiger partial charge >= 0.3 is 5.97 Å². The lowest BCUT2D eigenvalue weighted by atomic mass is 10.3. The standard InChI is InChI=1S/C13H15FO4S/c1-3-18-13(16)6-9(15)8-19-10-4-5-12(17-2)11(14)7-10/h4-5,7H,3,6,8H2,1-2H3. The van der Waals surface area contributed by atoms with Crippen LogP contribution in [0, 0.1) is 5.82 Å². The first-order chi connectivity index (χ1) is 9.06. The molecule has 0 amide bonds. The minimum Gasteiger partial charge on any atom is -0.494 e. The molecular formula is C13H15FO4S. The van der Waals surface area contributed by atoms with Gasteiger partial charge in [0.15, 0.2) is 17.3 Å². The highest BCUT2D eigenvalue weighted by Crippen LogP contribution is 2.24. The summed E-state index contributed by atoms with van der Waals surface area (Å²) < 4.78 is 22.8. The predicted octanol–water partition coefficient (Wildman–Crippen LogP) is 2.45. The van der Waals surface area contributed by atoms with Crippen molar-refractivity contribution in [2.24, 2.45) is 0 Å². The Kier molecular flexibility index (Phi) is 6.35. The third-order valence-corrected chi connectivity index (χ3v) is 3.22. The average molecular weight is 286 g/mol. The highest BCUT2D eigenvalue weighted by molar-refractivity contribution is 8.00. The van der Waals surface area contributed by atoms with Gasteiger partial charge in [0, 0.05) is 4.90 Å². The summed E-state index contributed by atoms with van der Waals surface area (Å²) in [6.07, 6.45) is -0.251. The third kappa shape index (κ3) is 5.30. The van der Waals surface area contributed by atoms with E-state index in [-0.39, 0.29) is 30.3 Å². The zero-order chi connectivity index (χ0) is 14.3. The van der Waals surface area contributed by atoms with Gasteiger partial charge in [0.2, 0.25) is 0 Å². The fourth-order valence-electron chi connectivity index (χ4n) is 1.32.